The highest BCUT2D eigenvalue weighted by Crippen LogP contribution is 2.18. The second kappa shape index (κ2) is 8.40. The summed E-state index contributed by atoms with van der Waals surface area (Å²) in [6.45, 7) is 5.92. The highest BCUT2D eigenvalue weighted by molar-refractivity contribution is 7.92. The molecule has 7 nitrogen and oxygen atoms in total. The number of aryl methyl sites for hydroxylation is 1. The van der Waals surface area contributed by atoms with Crippen molar-refractivity contribution in [1.29, 1.82) is 0 Å². The van der Waals surface area contributed by atoms with Gasteiger partial charge in [-0.3, -0.25) is 4.79 Å². The molecule has 1 amide bonds. The fourth-order valence-corrected chi connectivity index (χ4v) is 3.57. The average Bonchev–Trinajstić information content (AvgIpc) is 2.68. The number of hydrogen-bond acceptors (Lipinski definition) is 5. The van der Waals surface area contributed by atoms with E-state index >= 15 is 0 Å². The molecule has 0 saturated heterocycles. The van der Waals surface area contributed by atoms with Gasteiger partial charge < -0.3 is 5.32 Å². The third kappa shape index (κ3) is 5.17. The molecule has 0 unspecified atom stereocenters. The first-order chi connectivity index (χ1) is 13.7. The van der Waals surface area contributed by atoms with Gasteiger partial charge in [-0.1, -0.05) is 26.0 Å². The van der Waals surface area contributed by atoms with Gasteiger partial charge >= 0.3 is 0 Å². The Kier molecular flexibility index (Phi) is 5.93. The van der Waals surface area contributed by atoms with E-state index in [2.05, 4.69) is 33.9 Å². The van der Waals surface area contributed by atoms with Crippen molar-refractivity contribution in [2.75, 3.05) is 10.0 Å². The van der Waals surface area contributed by atoms with E-state index in [4.69, 9.17) is 0 Å². The van der Waals surface area contributed by atoms with Gasteiger partial charge in [0.25, 0.3) is 15.9 Å². The van der Waals surface area contributed by atoms with Gasteiger partial charge in [0.05, 0.1) is 4.90 Å². The summed E-state index contributed by atoms with van der Waals surface area (Å²) in [5.74, 6) is 0.134. The minimum absolute atomic E-state index is 0.00669. The van der Waals surface area contributed by atoms with Crippen molar-refractivity contribution >= 4 is 27.6 Å². The second-order valence-electron chi connectivity index (χ2n) is 6.88. The predicted octanol–water partition coefficient (Wildman–Crippen LogP) is 3.96. The minimum Gasteiger partial charge on any atom is -0.322 e. The summed E-state index contributed by atoms with van der Waals surface area (Å²) < 4.78 is 27.3. The van der Waals surface area contributed by atoms with E-state index in [9.17, 15) is 13.2 Å². The number of carbonyl (C=O) groups is 1. The van der Waals surface area contributed by atoms with Crippen LogP contribution >= 0.6 is 0 Å². The van der Waals surface area contributed by atoms with Crippen LogP contribution < -0.4 is 10.0 Å². The van der Waals surface area contributed by atoms with E-state index in [1.165, 1.54) is 30.5 Å². The standard InChI is InChI=1S/C21H22N4O3S/c1-14(2)16-4-6-17(7-5-16)20(26)24-18-8-10-19(11-9-18)29(27,28)25-21-22-13-12-15(3)23-21/h4-14H,1-3H3,(H,24,26)(H,22,23,25). The lowest BCUT2D eigenvalue weighted by atomic mass is 10.0. The number of sulfonamides is 1. The number of benzene rings is 2. The van der Waals surface area contributed by atoms with Gasteiger partial charge in [-0.05, 0) is 60.9 Å². The van der Waals surface area contributed by atoms with Crippen LogP contribution in [0.5, 0.6) is 0 Å². The average molecular weight is 410 g/mol. The second-order valence-corrected chi connectivity index (χ2v) is 8.56. The molecule has 0 atom stereocenters. The fraction of sp³-hybridized carbons (Fsp3) is 0.190. The van der Waals surface area contributed by atoms with E-state index < -0.39 is 10.0 Å². The Balaban J connectivity index is 1.70. The van der Waals surface area contributed by atoms with Crippen LogP contribution in [0.15, 0.2) is 65.7 Å². The zero-order valence-corrected chi connectivity index (χ0v) is 17.2. The molecular formula is C21H22N4O3S. The minimum atomic E-state index is -3.83. The van der Waals surface area contributed by atoms with Gasteiger partial charge in [0, 0.05) is 23.1 Å². The quantitative estimate of drug-likeness (QED) is 0.640. The molecular weight excluding hydrogens is 388 g/mol. The lowest BCUT2D eigenvalue weighted by molar-refractivity contribution is 0.102. The van der Waals surface area contributed by atoms with Crippen molar-refractivity contribution in [3.63, 3.8) is 0 Å². The molecule has 0 spiro atoms. The molecule has 2 N–H and O–H groups in total. The molecule has 0 fully saturated rings. The van der Waals surface area contributed by atoms with Gasteiger partial charge in [-0.25, -0.2) is 23.1 Å². The molecule has 3 aromatic rings. The molecule has 1 aromatic heterocycles. The number of nitrogens with one attached hydrogen (secondary N) is 2. The largest absolute Gasteiger partial charge is 0.322 e. The number of carbonyl (C=O) groups excluding carboxylic acids is 1. The molecule has 0 aliphatic heterocycles. The maximum absolute atomic E-state index is 12.5. The number of rotatable bonds is 6. The van der Waals surface area contributed by atoms with Crippen molar-refractivity contribution in [3.05, 3.63) is 77.6 Å². The van der Waals surface area contributed by atoms with Crippen LogP contribution in [0.1, 0.15) is 41.4 Å². The molecule has 0 saturated carbocycles. The number of aromatic nitrogens is 2. The summed E-state index contributed by atoms with van der Waals surface area (Å²) in [5, 5.41) is 2.76. The molecule has 8 heteroatoms. The lowest BCUT2D eigenvalue weighted by Crippen LogP contribution is -2.16. The summed E-state index contributed by atoms with van der Waals surface area (Å²) in [4.78, 5) is 20.4. The van der Waals surface area contributed by atoms with Gasteiger partial charge in [0.2, 0.25) is 5.95 Å². The monoisotopic (exact) mass is 410 g/mol. The molecule has 29 heavy (non-hydrogen) atoms. The maximum atomic E-state index is 12.5. The Morgan fingerprint density at radius 3 is 2.21 bits per heavy atom. The molecule has 3 rings (SSSR count). The maximum Gasteiger partial charge on any atom is 0.264 e. The molecule has 0 aliphatic rings. The van der Waals surface area contributed by atoms with Crippen molar-refractivity contribution in [3.8, 4) is 0 Å². The van der Waals surface area contributed by atoms with Crippen molar-refractivity contribution < 1.29 is 13.2 Å². The van der Waals surface area contributed by atoms with Crippen LogP contribution in [0.2, 0.25) is 0 Å². The van der Waals surface area contributed by atoms with Crippen molar-refractivity contribution in [2.45, 2.75) is 31.6 Å². The Morgan fingerprint density at radius 1 is 0.966 bits per heavy atom. The van der Waals surface area contributed by atoms with Gasteiger partial charge in [0.15, 0.2) is 0 Å². The third-order valence-corrected chi connectivity index (χ3v) is 5.63. The van der Waals surface area contributed by atoms with E-state index in [-0.39, 0.29) is 16.8 Å². The van der Waals surface area contributed by atoms with Gasteiger partial charge in [-0.2, -0.15) is 0 Å². The first kappa shape index (κ1) is 20.5. The molecule has 0 radical (unpaired) electrons. The smallest absolute Gasteiger partial charge is 0.264 e. The number of hydrogen-bond donors (Lipinski definition) is 2. The Bertz CT molecular complexity index is 1110. The molecule has 0 bridgehead atoms. The Morgan fingerprint density at radius 2 is 1.62 bits per heavy atom. The zero-order valence-electron chi connectivity index (χ0n) is 16.4. The van der Waals surface area contributed by atoms with Crippen LogP contribution in [-0.2, 0) is 10.0 Å². The molecule has 2 aromatic carbocycles. The molecule has 0 aliphatic carbocycles. The number of nitrogens with zero attached hydrogens (tertiary/aromatic N) is 2. The van der Waals surface area contributed by atoms with Gasteiger partial charge in [0.1, 0.15) is 0 Å². The van der Waals surface area contributed by atoms with E-state index in [1.54, 1.807) is 25.1 Å². The Labute approximate surface area is 170 Å². The summed E-state index contributed by atoms with van der Waals surface area (Å²) in [6, 6.07) is 15.0. The third-order valence-electron chi connectivity index (χ3n) is 4.28. The van der Waals surface area contributed by atoms with E-state index in [0.29, 0.717) is 22.9 Å². The van der Waals surface area contributed by atoms with Crippen LogP contribution in [0.25, 0.3) is 0 Å². The lowest BCUT2D eigenvalue weighted by Gasteiger charge is -2.10. The summed E-state index contributed by atoms with van der Waals surface area (Å²) in [6.07, 6.45) is 1.48. The SMILES string of the molecule is Cc1ccnc(NS(=O)(=O)c2ccc(NC(=O)c3ccc(C(C)C)cc3)cc2)n1. The number of anilines is 2. The van der Waals surface area contributed by atoms with Crippen molar-refractivity contribution in [1.82, 2.24) is 9.97 Å². The first-order valence-corrected chi connectivity index (χ1v) is 10.6. The zero-order chi connectivity index (χ0) is 21.0. The summed E-state index contributed by atoms with van der Waals surface area (Å²) in [7, 11) is -3.83. The number of amides is 1. The highest BCUT2D eigenvalue weighted by atomic mass is 32.2. The normalized spacial score (nSPS) is 11.3. The Hall–Kier alpha value is -3.26. The fourth-order valence-electron chi connectivity index (χ4n) is 2.62. The van der Waals surface area contributed by atoms with E-state index in [0.717, 1.165) is 5.56 Å². The van der Waals surface area contributed by atoms with Crippen LogP contribution in [0.4, 0.5) is 11.6 Å². The first-order valence-electron chi connectivity index (χ1n) is 9.08. The summed E-state index contributed by atoms with van der Waals surface area (Å²) in [5.41, 5.74) is 2.83. The predicted molar refractivity (Wildman–Crippen MR) is 113 cm³/mol. The highest BCUT2D eigenvalue weighted by Gasteiger charge is 2.16. The molecule has 150 valence electrons. The summed E-state index contributed by atoms with van der Waals surface area (Å²) >= 11 is 0. The van der Waals surface area contributed by atoms with Crippen molar-refractivity contribution in [2.24, 2.45) is 0 Å². The van der Waals surface area contributed by atoms with Crippen LogP contribution in [-0.4, -0.2) is 24.3 Å². The topological polar surface area (TPSA) is 101 Å². The molecule has 1 heterocycles. The van der Waals surface area contributed by atoms with E-state index in [1.807, 2.05) is 12.1 Å². The van der Waals surface area contributed by atoms with Gasteiger partial charge in [-0.15, -0.1) is 0 Å². The van der Waals surface area contributed by atoms with Crippen LogP contribution in [0.3, 0.4) is 0 Å². The van der Waals surface area contributed by atoms with Crippen LogP contribution in [0, 0.1) is 6.92 Å².